The Morgan fingerprint density at radius 3 is 2.82 bits per heavy atom. The van der Waals surface area contributed by atoms with Gasteiger partial charge in [0.15, 0.2) is 9.84 Å². The quantitative estimate of drug-likeness (QED) is 0.832. The number of phenolic OH excluding ortho intramolecular Hbond substituents is 1. The molecular weight excluding hydrogens is 238 g/mol. The van der Waals surface area contributed by atoms with Crippen molar-refractivity contribution in [1.29, 1.82) is 0 Å². The van der Waals surface area contributed by atoms with Crippen molar-refractivity contribution in [3.8, 4) is 5.75 Å². The Hall–Kier alpha value is -1.07. The molecule has 1 aliphatic heterocycles. The predicted molar refractivity (Wildman–Crippen MR) is 66.4 cm³/mol. The molecule has 5 heteroatoms. The van der Waals surface area contributed by atoms with Crippen LogP contribution in [0.25, 0.3) is 0 Å². The number of benzene rings is 1. The zero-order valence-corrected chi connectivity index (χ0v) is 10.4. The summed E-state index contributed by atoms with van der Waals surface area (Å²) in [6, 6.07) is 6.41. The molecule has 4 nitrogen and oxygen atoms in total. The molecule has 2 rings (SSSR count). The van der Waals surface area contributed by atoms with Crippen LogP contribution < -0.4 is 5.73 Å². The minimum absolute atomic E-state index is 0.0458. The standard InChI is InChI=1S/C12H17NO3S/c13-12(9-3-1-5-11(14)7-9)10-4-2-6-17(15,16)8-10/h1,3,5,7,10,12,14H,2,4,6,8,13H2. The summed E-state index contributed by atoms with van der Waals surface area (Å²) < 4.78 is 23.1. The van der Waals surface area contributed by atoms with Gasteiger partial charge in [-0.15, -0.1) is 0 Å². The van der Waals surface area contributed by atoms with Gasteiger partial charge in [-0.05, 0) is 36.5 Å². The van der Waals surface area contributed by atoms with Gasteiger partial charge in [-0.1, -0.05) is 12.1 Å². The van der Waals surface area contributed by atoms with Gasteiger partial charge in [-0.2, -0.15) is 0 Å². The summed E-state index contributed by atoms with van der Waals surface area (Å²) in [6.45, 7) is 0. The highest BCUT2D eigenvalue weighted by Gasteiger charge is 2.29. The Kier molecular flexibility index (Phi) is 3.40. The first-order chi connectivity index (χ1) is 7.98. The minimum Gasteiger partial charge on any atom is -0.508 e. The van der Waals surface area contributed by atoms with E-state index in [9.17, 15) is 13.5 Å². The average molecular weight is 255 g/mol. The number of rotatable bonds is 2. The summed E-state index contributed by atoms with van der Waals surface area (Å²) in [4.78, 5) is 0. The molecule has 0 amide bonds. The Morgan fingerprint density at radius 2 is 2.18 bits per heavy atom. The van der Waals surface area contributed by atoms with Gasteiger partial charge in [-0.25, -0.2) is 8.42 Å². The Morgan fingerprint density at radius 1 is 1.41 bits per heavy atom. The molecule has 0 saturated carbocycles. The summed E-state index contributed by atoms with van der Waals surface area (Å²) in [6.07, 6.45) is 1.51. The summed E-state index contributed by atoms with van der Waals surface area (Å²) in [7, 11) is -2.94. The molecule has 1 aromatic rings. The molecule has 1 saturated heterocycles. The fraction of sp³-hybridized carbons (Fsp3) is 0.500. The number of hydrogen-bond acceptors (Lipinski definition) is 4. The van der Waals surface area contributed by atoms with E-state index in [1.807, 2.05) is 6.07 Å². The van der Waals surface area contributed by atoms with Gasteiger partial charge in [0.2, 0.25) is 0 Å². The SMILES string of the molecule is NC(c1cccc(O)c1)C1CCCS(=O)(=O)C1. The van der Waals surface area contributed by atoms with Gasteiger partial charge in [0.1, 0.15) is 5.75 Å². The maximum absolute atomic E-state index is 11.6. The van der Waals surface area contributed by atoms with Gasteiger partial charge in [-0.3, -0.25) is 0 Å². The molecule has 2 unspecified atom stereocenters. The lowest BCUT2D eigenvalue weighted by Gasteiger charge is -2.27. The molecule has 0 bridgehead atoms. The van der Waals surface area contributed by atoms with Crippen molar-refractivity contribution in [1.82, 2.24) is 0 Å². The fourth-order valence-electron chi connectivity index (χ4n) is 2.35. The number of hydrogen-bond donors (Lipinski definition) is 2. The van der Waals surface area contributed by atoms with Crippen LogP contribution in [-0.4, -0.2) is 25.0 Å². The first kappa shape index (κ1) is 12.4. The van der Waals surface area contributed by atoms with Crippen molar-refractivity contribution in [3.63, 3.8) is 0 Å². The number of aromatic hydroxyl groups is 1. The van der Waals surface area contributed by atoms with Crippen LogP contribution in [0.15, 0.2) is 24.3 Å². The number of phenols is 1. The predicted octanol–water partition coefficient (Wildman–Crippen LogP) is 1.22. The average Bonchev–Trinajstić information content (AvgIpc) is 2.26. The lowest BCUT2D eigenvalue weighted by Crippen LogP contribution is -2.33. The van der Waals surface area contributed by atoms with Crippen LogP contribution in [0, 0.1) is 5.92 Å². The molecule has 0 aliphatic carbocycles. The summed E-state index contributed by atoms with van der Waals surface area (Å²) in [5.41, 5.74) is 6.88. The van der Waals surface area contributed by atoms with Crippen molar-refractivity contribution in [2.45, 2.75) is 18.9 Å². The van der Waals surface area contributed by atoms with Crippen molar-refractivity contribution in [3.05, 3.63) is 29.8 Å². The molecule has 94 valence electrons. The van der Waals surface area contributed by atoms with Crippen LogP contribution in [0.1, 0.15) is 24.4 Å². The van der Waals surface area contributed by atoms with Gasteiger partial charge >= 0.3 is 0 Å². The molecule has 1 aromatic carbocycles. The normalized spacial score (nSPS) is 25.4. The minimum atomic E-state index is -2.94. The Bertz CT molecular complexity index is 498. The second kappa shape index (κ2) is 4.66. The van der Waals surface area contributed by atoms with E-state index in [0.29, 0.717) is 6.42 Å². The molecule has 3 N–H and O–H groups in total. The van der Waals surface area contributed by atoms with Gasteiger partial charge in [0.05, 0.1) is 11.5 Å². The monoisotopic (exact) mass is 255 g/mol. The fourth-order valence-corrected chi connectivity index (χ4v) is 4.15. The first-order valence-corrected chi connectivity index (χ1v) is 7.55. The highest BCUT2D eigenvalue weighted by Crippen LogP contribution is 2.30. The first-order valence-electron chi connectivity index (χ1n) is 5.73. The maximum atomic E-state index is 11.6. The third-order valence-corrected chi connectivity index (χ3v) is 5.11. The van der Waals surface area contributed by atoms with E-state index in [1.54, 1.807) is 18.2 Å². The molecule has 1 heterocycles. The van der Waals surface area contributed by atoms with E-state index in [0.717, 1.165) is 12.0 Å². The highest BCUT2D eigenvalue weighted by atomic mass is 32.2. The summed E-state index contributed by atoms with van der Waals surface area (Å²) in [5, 5.41) is 9.39. The van der Waals surface area contributed by atoms with Crippen LogP contribution in [0.3, 0.4) is 0 Å². The van der Waals surface area contributed by atoms with E-state index in [4.69, 9.17) is 5.73 Å². The highest BCUT2D eigenvalue weighted by molar-refractivity contribution is 7.91. The third-order valence-electron chi connectivity index (χ3n) is 3.26. The zero-order chi connectivity index (χ0) is 12.5. The molecular formula is C12H17NO3S. The maximum Gasteiger partial charge on any atom is 0.150 e. The lowest BCUT2D eigenvalue weighted by molar-refractivity contribution is 0.413. The molecule has 1 fully saturated rings. The van der Waals surface area contributed by atoms with Crippen molar-refractivity contribution in [2.24, 2.45) is 11.7 Å². The third kappa shape index (κ3) is 2.98. The van der Waals surface area contributed by atoms with E-state index in [1.165, 1.54) is 0 Å². The topological polar surface area (TPSA) is 80.4 Å². The summed E-state index contributed by atoms with van der Waals surface area (Å²) in [5.74, 6) is 0.548. The second-order valence-corrected chi connectivity index (χ2v) is 6.87. The number of nitrogens with two attached hydrogens (primary N) is 1. The van der Waals surface area contributed by atoms with Gasteiger partial charge < -0.3 is 10.8 Å². The molecule has 0 spiro atoms. The molecule has 0 radical (unpaired) electrons. The van der Waals surface area contributed by atoms with Crippen molar-refractivity contribution < 1.29 is 13.5 Å². The van der Waals surface area contributed by atoms with Crippen molar-refractivity contribution >= 4 is 9.84 Å². The van der Waals surface area contributed by atoms with Gasteiger partial charge in [0, 0.05) is 6.04 Å². The van der Waals surface area contributed by atoms with E-state index < -0.39 is 9.84 Å². The zero-order valence-electron chi connectivity index (χ0n) is 9.54. The van der Waals surface area contributed by atoms with E-state index in [2.05, 4.69) is 0 Å². The van der Waals surface area contributed by atoms with Crippen LogP contribution in [-0.2, 0) is 9.84 Å². The molecule has 2 atom stereocenters. The largest absolute Gasteiger partial charge is 0.508 e. The molecule has 1 aliphatic rings. The number of sulfone groups is 1. The van der Waals surface area contributed by atoms with Crippen molar-refractivity contribution in [2.75, 3.05) is 11.5 Å². The smallest absolute Gasteiger partial charge is 0.150 e. The lowest BCUT2D eigenvalue weighted by atomic mass is 9.91. The van der Waals surface area contributed by atoms with Crippen LogP contribution >= 0.6 is 0 Å². The van der Waals surface area contributed by atoms with E-state index in [-0.39, 0.29) is 29.2 Å². The van der Waals surface area contributed by atoms with Crippen LogP contribution in [0.4, 0.5) is 0 Å². The Balaban J connectivity index is 2.17. The van der Waals surface area contributed by atoms with E-state index >= 15 is 0 Å². The second-order valence-electron chi connectivity index (χ2n) is 4.64. The Labute approximate surface area is 101 Å². The molecule has 0 aromatic heterocycles. The van der Waals surface area contributed by atoms with Gasteiger partial charge in [0.25, 0.3) is 0 Å². The molecule has 17 heavy (non-hydrogen) atoms. The summed E-state index contributed by atoms with van der Waals surface area (Å²) >= 11 is 0. The van der Waals surface area contributed by atoms with Crippen LogP contribution in [0.5, 0.6) is 5.75 Å². The van der Waals surface area contributed by atoms with Crippen LogP contribution in [0.2, 0.25) is 0 Å².